The van der Waals surface area contributed by atoms with Gasteiger partial charge in [-0.2, -0.15) is 0 Å². The molecule has 172 valence electrons. The Hall–Kier alpha value is -2.90. The average molecular weight is 528 g/mol. The first-order chi connectivity index (χ1) is 15.9. The molecule has 0 bridgehead atoms. The topological polar surface area (TPSA) is 64.6 Å². The molecule has 1 amide bonds. The van der Waals surface area contributed by atoms with Gasteiger partial charge >= 0.3 is 0 Å². The number of carbonyl (C=O) groups excluding carboxylic acids is 2. The molecule has 2 aromatic carbocycles. The van der Waals surface area contributed by atoms with Crippen LogP contribution in [-0.4, -0.2) is 25.4 Å². The van der Waals surface area contributed by atoms with E-state index in [2.05, 4.69) is 28.2 Å². The number of benzene rings is 2. The molecule has 0 aliphatic heterocycles. The summed E-state index contributed by atoms with van der Waals surface area (Å²) in [5.41, 5.74) is 2.52. The molecule has 0 saturated carbocycles. The number of ketones is 1. The molecular weight excluding hydrogens is 502 g/mol. The predicted molar refractivity (Wildman–Crippen MR) is 138 cm³/mol. The van der Waals surface area contributed by atoms with Crippen LogP contribution < -0.4 is 14.8 Å². The van der Waals surface area contributed by atoms with Crippen molar-refractivity contribution in [3.8, 4) is 11.5 Å². The smallest absolute Gasteiger partial charge is 0.262 e. The normalized spacial score (nSPS) is 10.9. The number of rotatable bonds is 10. The van der Waals surface area contributed by atoms with Crippen molar-refractivity contribution >= 4 is 50.7 Å². The minimum atomic E-state index is -0.259. The Kier molecular flexibility index (Phi) is 8.86. The quantitative estimate of drug-likeness (QED) is 0.235. The molecule has 0 aliphatic carbocycles. The molecule has 1 N–H and O–H groups in total. The largest absolute Gasteiger partial charge is 0.493 e. The molecule has 3 aromatic rings. The van der Waals surface area contributed by atoms with Gasteiger partial charge in [0, 0.05) is 15.0 Å². The van der Waals surface area contributed by atoms with Gasteiger partial charge in [0.15, 0.2) is 23.9 Å². The number of nitrogens with one attached hydrogen (secondary N) is 1. The number of halogens is 1. The van der Waals surface area contributed by atoms with Crippen LogP contribution in [0.25, 0.3) is 6.08 Å². The Morgan fingerprint density at radius 2 is 1.91 bits per heavy atom. The van der Waals surface area contributed by atoms with Gasteiger partial charge in [0.1, 0.15) is 0 Å². The van der Waals surface area contributed by atoms with Crippen LogP contribution in [0.2, 0.25) is 0 Å². The van der Waals surface area contributed by atoms with E-state index in [1.165, 1.54) is 23.3 Å². The number of amides is 1. The predicted octanol–water partition coefficient (Wildman–Crippen LogP) is 6.69. The number of thiophene rings is 1. The third kappa shape index (κ3) is 6.79. The number of ether oxygens (including phenoxy) is 2. The van der Waals surface area contributed by atoms with Crippen molar-refractivity contribution in [3.05, 3.63) is 80.0 Å². The van der Waals surface area contributed by atoms with Crippen LogP contribution in [0.5, 0.6) is 11.5 Å². The first kappa shape index (κ1) is 24.7. The van der Waals surface area contributed by atoms with E-state index in [-0.39, 0.29) is 18.3 Å². The molecule has 0 radical (unpaired) electrons. The molecule has 0 unspecified atom stereocenters. The number of carbonyl (C=O) groups is 2. The molecule has 3 rings (SSSR count). The highest BCUT2D eigenvalue weighted by Gasteiger charge is 2.12. The van der Waals surface area contributed by atoms with Gasteiger partial charge in [0.2, 0.25) is 0 Å². The summed E-state index contributed by atoms with van der Waals surface area (Å²) in [7, 11) is 1.53. The second-order valence-corrected chi connectivity index (χ2v) is 9.38. The van der Waals surface area contributed by atoms with Crippen molar-refractivity contribution in [1.82, 2.24) is 0 Å². The van der Waals surface area contributed by atoms with Gasteiger partial charge in [-0.1, -0.05) is 43.7 Å². The van der Waals surface area contributed by atoms with E-state index in [1.54, 1.807) is 24.3 Å². The van der Waals surface area contributed by atoms with Crippen LogP contribution in [0.4, 0.5) is 5.69 Å². The van der Waals surface area contributed by atoms with Gasteiger partial charge in [0.25, 0.3) is 5.91 Å². The standard InChI is InChI=1S/C26H26BrNO4S/c1-4-7-24-19(27)15-25(33-24)21(29)12-10-18-11-13-22(23(14-18)31-3)32-16-26(30)28-20-9-6-5-8-17(20)2/h5-6,8-15H,4,7,16H2,1-3H3,(H,28,30)/b12-10+. The maximum absolute atomic E-state index is 12.6. The minimum absolute atomic E-state index is 0.0461. The fraction of sp³-hybridized carbons (Fsp3) is 0.231. The number of anilines is 1. The highest BCUT2D eigenvalue weighted by atomic mass is 79.9. The second kappa shape index (κ2) is 11.8. The zero-order valence-electron chi connectivity index (χ0n) is 18.8. The Morgan fingerprint density at radius 1 is 1.12 bits per heavy atom. The van der Waals surface area contributed by atoms with Gasteiger partial charge in [0.05, 0.1) is 12.0 Å². The van der Waals surface area contributed by atoms with Crippen LogP contribution in [-0.2, 0) is 11.2 Å². The first-order valence-corrected chi connectivity index (χ1v) is 12.2. The van der Waals surface area contributed by atoms with Gasteiger partial charge in [-0.15, -0.1) is 11.3 Å². The monoisotopic (exact) mass is 527 g/mol. The molecule has 1 heterocycles. The van der Waals surface area contributed by atoms with E-state index in [0.717, 1.165) is 34.1 Å². The van der Waals surface area contributed by atoms with Gasteiger partial charge in [-0.3, -0.25) is 9.59 Å². The molecule has 0 saturated heterocycles. The Bertz CT molecular complexity index is 1170. The van der Waals surface area contributed by atoms with Crippen LogP contribution >= 0.6 is 27.3 Å². The van der Waals surface area contributed by atoms with Crippen LogP contribution in [0.1, 0.15) is 39.0 Å². The highest BCUT2D eigenvalue weighted by Crippen LogP contribution is 2.30. The molecule has 0 spiro atoms. The van der Waals surface area contributed by atoms with Crippen molar-refractivity contribution in [1.29, 1.82) is 0 Å². The molecule has 0 aliphatic rings. The number of hydrogen-bond acceptors (Lipinski definition) is 5. The number of aryl methyl sites for hydroxylation is 2. The molecule has 1 aromatic heterocycles. The maximum Gasteiger partial charge on any atom is 0.262 e. The van der Waals surface area contributed by atoms with Crippen LogP contribution in [0.15, 0.2) is 59.1 Å². The first-order valence-electron chi connectivity index (χ1n) is 10.6. The summed E-state index contributed by atoms with van der Waals surface area (Å²) in [5.74, 6) is 0.630. The number of methoxy groups -OCH3 is 1. The molecule has 5 nitrogen and oxygen atoms in total. The lowest BCUT2D eigenvalue weighted by Crippen LogP contribution is -2.20. The number of para-hydroxylation sites is 1. The Morgan fingerprint density at radius 3 is 2.64 bits per heavy atom. The van der Waals surface area contributed by atoms with E-state index in [4.69, 9.17) is 9.47 Å². The molecule has 0 fully saturated rings. The fourth-order valence-corrected chi connectivity index (χ4v) is 5.02. The second-order valence-electron chi connectivity index (χ2n) is 7.39. The lowest BCUT2D eigenvalue weighted by molar-refractivity contribution is -0.118. The van der Waals surface area contributed by atoms with Crippen LogP contribution in [0.3, 0.4) is 0 Å². The zero-order chi connectivity index (χ0) is 23.8. The average Bonchev–Trinajstić information content (AvgIpc) is 3.18. The summed E-state index contributed by atoms with van der Waals surface area (Å²) >= 11 is 5.05. The van der Waals surface area contributed by atoms with E-state index in [1.807, 2.05) is 43.3 Å². The van der Waals surface area contributed by atoms with Crippen molar-refractivity contribution in [3.63, 3.8) is 0 Å². The molecule has 7 heteroatoms. The van der Waals surface area contributed by atoms with Crippen molar-refractivity contribution < 1.29 is 19.1 Å². The molecular formula is C26H26BrNO4S. The lowest BCUT2D eigenvalue weighted by Gasteiger charge is -2.12. The van der Waals surface area contributed by atoms with Gasteiger partial charge in [-0.25, -0.2) is 0 Å². The third-order valence-electron chi connectivity index (χ3n) is 4.87. The summed E-state index contributed by atoms with van der Waals surface area (Å²) in [6.07, 6.45) is 5.28. The summed E-state index contributed by atoms with van der Waals surface area (Å²) < 4.78 is 12.1. The zero-order valence-corrected chi connectivity index (χ0v) is 21.2. The van der Waals surface area contributed by atoms with Crippen LogP contribution in [0, 0.1) is 6.92 Å². The summed E-state index contributed by atoms with van der Waals surface area (Å²) in [6, 6.07) is 14.7. The van der Waals surface area contributed by atoms with Crippen molar-refractivity contribution in [2.45, 2.75) is 26.7 Å². The Labute approximate surface area is 206 Å². The van der Waals surface area contributed by atoms with E-state index in [9.17, 15) is 9.59 Å². The number of hydrogen-bond donors (Lipinski definition) is 1. The van der Waals surface area contributed by atoms with Crippen molar-refractivity contribution in [2.24, 2.45) is 0 Å². The summed E-state index contributed by atoms with van der Waals surface area (Å²) in [6.45, 7) is 3.90. The highest BCUT2D eigenvalue weighted by molar-refractivity contribution is 9.10. The lowest BCUT2D eigenvalue weighted by atomic mass is 10.1. The van der Waals surface area contributed by atoms with E-state index < -0.39 is 0 Å². The van der Waals surface area contributed by atoms with E-state index >= 15 is 0 Å². The van der Waals surface area contributed by atoms with Gasteiger partial charge in [-0.05, 0) is 70.7 Å². The van der Waals surface area contributed by atoms with Gasteiger partial charge < -0.3 is 14.8 Å². The maximum atomic E-state index is 12.6. The minimum Gasteiger partial charge on any atom is -0.493 e. The fourth-order valence-electron chi connectivity index (χ4n) is 3.13. The third-order valence-corrected chi connectivity index (χ3v) is 7.05. The van der Waals surface area contributed by atoms with Crippen molar-refractivity contribution in [2.75, 3.05) is 19.0 Å². The summed E-state index contributed by atoms with van der Waals surface area (Å²) in [4.78, 5) is 26.7. The molecule has 33 heavy (non-hydrogen) atoms. The Balaban J connectivity index is 1.63. The summed E-state index contributed by atoms with van der Waals surface area (Å²) in [5, 5.41) is 2.84. The van der Waals surface area contributed by atoms with E-state index in [0.29, 0.717) is 16.4 Å². The number of allylic oxidation sites excluding steroid dienone is 1. The molecule has 0 atom stereocenters. The SMILES string of the molecule is CCCc1sc(C(=O)/C=C/c2ccc(OCC(=O)Nc3ccccc3C)c(OC)c2)cc1Br.